The first kappa shape index (κ1) is 22.0. The molecule has 0 aliphatic heterocycles. The quantitative estimate of drug-likeness (QED) is 0.237. The molecule has 0 radical (unpaired) electrons. The molecule has 11 heteroatoms. The first-order valence-corrected chi connectivity index (χ1v) is 10.1. The normalized spacial score (nSPS) is 12.3. The predicted octanol–water partition coefficient (Wildman–Crippen LogP) is 6.86. The van der Waals surface area contributed by atoms with Crippen LogP contribution in [0.5, 0.6) is 0 Å². The number of aromatic nitrogens is 3. The Bertz CT molecular complexity index is 1220. The third kappa shape index (κ3) is 4.52. The van der Waals surface area contributed by atoms with Crippen LogP contribution in [0.15, 0.2) is 76.5 Å². The fourth-order valence-electron chi connectivity index (χ4n) is 3.05. The van der Waals surface area contributed by atoms with E-state index in [1.54, 1.807) is 12.1 Å². The van der Waals surface area contributed by atoms with Crippen molar-refractivity contribution in [1.29, 1.82) is 0 Å². The van der Waals surface area contributed by atoms with Crippen molar-refractivity contribution < 1.29 is 30.8 Å². The lowest BCUT2D eigenvalue weighted by Gasteiger charge is -2.14. The molecule has 0 fully saturated rings. The summed E-state index contributed by atoms with van der Waals surface area (Å²) in [5, 5.41) is 8.12. The van der Waals surface area contributed by atoms with Crippen molar-refractivity contribution >= 4 is 11.8 Å². The lowest BCUT2D eigenvalue weighted by atomic mass is 10.1. The lowest BCUT2D eigenvalue weighted by Crippen LogP contribution is -2.09. The molecule has 0 saturated heterocycles. The SMILES string of the molecule is FC(F)(F)c1cccc(-n2c(SCc3ccccc3C(F)(F)F)nnc2-c2ccco2)c1. The van der Waals surface area contributed by atoms with E-state index in [9.17, 15) is 26.3 Å². The van der Waals surface area contributed by atoms with E-state index in [1.807, 2.05) is 0 Å². The summed E-state index contributed by atoms with van der Waals surface area (Å²) >= 11 is 0.923. The van der Waals surface area contributed by atoms with Crippen LogP contribution in [0.4, 0.5) is 26.3 Å². The van der Waals surface area contributed by atoms with Crippen molar-refractivity contribution in [1.82, 2.24) is 14.8 Å². The number of benzene rings is 2. The molecule has 2 heterocycles. The highest BCUT2D eigenvalue weighted by Gasteiger charge is 2.33. The Kier molecular flexibility index (Phi) is 5.76. The molecule has 0 unspecified atom stereocenters. The summed E-state index contributed by atoms with van der Waals surface area (Å²) in [6.45, 7) is 0. The maximum Gasteiger partial charge on any atom is 0.416 e. The maximum atomic E-state index is 13.3. The van der Waals surface area contributed by atoms with Gasteiger partial charge < -0.3 is 4.42 Å². The minimum Gasteiger partial charge on any atom is -0.461 e. The van der Waals surface area contributed by atoms with Gasteiger partial charge in [-0.25, -0.2) is 0 Å². The van der Waals surface area contributed by atoms with Gasteiger partial charge >= 0.3 is 12.4 Å². The van der Waals surface area contributed by atoms with Gasteiger partial charge in [0.25, 0.3) is 0 Å². The number of alkyl halides is 6. The monoisotopic (exact) mass is 469 g/mol. The summed E-state index contributed by atoms with van der Waals surface area (Å²) in [6.07, 6.45) is -7.74. The molecular formula is C21H13F6N3OS. The fourth-order valence-corrected chi connectivity index (χ4v) is 4.00. The Morgan fingerprint density at radius 3 is 2.31 bits per heavy atom. The van der Waals surface area contributed by atoms with Gasteiger partial charge in [-0.1, -0.05) is 36.0 Å². The lowest BCUT2D eigenvalue weighted by molar-refractivity contribution is -0.138. The minimum atomic E-state index is -4.58. The van der Waals surface area contributed by atoms with E-state index in [0.29, 0.717) is 0 Å². The molecule has 2 aromatic heterocycles. The van der Waals surface area contributed by atoms with E-state index in [1.165, 1.54) is 41.2 Å². The Morgan fingerprint density at radius 2 is 1.62 bits per heavy atom. The number of nitrogens with zero attached hydrogens (tertiary/aromatic N) is 3. The summed E-state index contributed by atoms with van der Waals surface area (Å²) in [4.78, 5) is 0. The zero-order chi connectivity index (χ0) is 22.9. The van der Waals surface area contributed by atoms with Gasteiger partial charge in [0, 0.05) is 5.75 Å². The number of halogens is 6. The van der Waals surface area contributed by atoms with Crippen LogP contribution in [0.25, 0.3) is 17.3 Å². The van der Waals surface area contributed by atoms with Crippen molar-refractivity contribution in [2.45, 2.75) is 23.3 Å². The van der Waals surface area contributed by atoms with E-state index >= 15 is 0 Å². The molecule has 2 aromatic carbocycles. The van der Waals surface area contributed by atoms with Gasteiger partial charge in [0.2, 0.25) is 5.82 Å². The summed E-state index contributed by atoms with van der Waals surface area (Å²) in [7, 11) is 0. The average Bonchev–Trinajstić information content (AvgIpc) is 3.41. The molecular weight excluding hydrogens is 456 g/mol. The van der Waals surface area contributed by atoms with Crippen LogP contribution in [-0.2, 0) is 18.1 Å². The summed E-state index contributed by atoms with van der Waals surface area (Å²) < 4.78 is 86.3. The Hall–Kier alpha value is -3.21. The van der Waals surface area contributed by atoms with Crippen LogP contribution < -0.4 is 0 Å². The number of thioether (sulfide) groups is 1. The second kappa shape index (κ2) is 8.38. The summed E-state index contributed by atoms with van der Waals surface area (Å²) in [5.41, 5.74) is -1.55. The molecule has 0 bridgehead atoms. The molecule has 166 valence electrons. The van der Waals surface area contributed by atoms with Crippen LogP contribution in [0.3, 0.4) is 0 Å². The topological polar surface area (TPSA) is 43.9 Å². The molecule has 4 aromatic rings. The Labute approximate surface area is 181 Å². The van der Waals surface area contributed by atoms with Gasteiger partial charge in [-0.2, -0.15) is 26.3 Å². The predicted molar refractivity (Wildman–Crippen MR) is 105 cm³/mol. The molecule has 4 rings (SSSR count). The van der Waals surface area contributed by atoms with Gasteiger partial charge in [-0.3, -0.25) is 4.57 Å². The van der Waals surface area contributed by atoms with E-state index in [-0.39, 0.29) is 33.7 Å². The molecule has 32 heavy (non-hydrogen) atoms. The van der Waals surface area contributed by atoms with Gasteiger partial charge in [0.1, 0.15) is 0 Å². The highest BCUT2D eigenvalue weighted by Crippen LogP contribution is 2.37. The van der Waals surface area contributed by atoms with E-state index < -0.39 is 23.5 Å². The molecule has 0 aliphatic rings. The standard InChI is InChI=1S/C21H13F6N3OS/c22-20(23,24)14-6-3-7-15(11-14)30-18(17-9-4-10-31-17)28-29-19(30)32-12-13-5-1-2-8-16(13)21(25,26)27/h1-11H,12H2. The highest BCUT2D eigenvalue weighted by molar-refractivity contribution is 7.98. The van der Waals surface area contributed by atoms with Crippen LogP contribution in [-0.4, -0.2) is 14.8 Å². The van der Waals surface area contributed by atoms with Gasteiger partial charge in [-0.05, 0) is 42.0 Å². The van der Waals surface area contributed by atoms with Crippen molar-refractivity contribution in [3.05, 3.63) is 83.6 Å². The van der Waals surface area contributed by atoms with E-state index in [2.05, 4.69) is 10.2 Å². The minimum absolute atomic E-state index is 0.0168. The first-order valence-electron chi connectivity index (χ1n) is 9.09. The number of furan rings is 1. The molecule has 0 atom stereocenters. The second-order valence-electron chi connectivity index (χ2n) is 6.61. The summed E-state index contributed by atoms with van der Waals surface area (Å²) in [5.74, 6) is 0.253. The Balaban J connectivity index is 1.75. The number of rotatable bonds is 5. The maximum absolute atomic E-state index is 13.3. The van der Waals surface area contributed by atoms with Crippen LogP contribution >= 0.6 is 11.8 Å². The molecule has 0 amide bonds. The van der Waals surface area contributed by atoms with Crippen molar-refractivity contribution in [3.8, 4) is 17.3 Å². The Morgan fingerprint density at radius 1 is 0.844 bits per heavy atom. The van der Waals surface area contributed by atoms with Crippen LogP contribution in [0.2, 0.25) is 0 Å². The summed E-state index contributed by atoms with van der Waals surface area (Å²) in [6, 6.07) is 12.7. The average molecular weight is 469 g/mol. The van der Waals surface area contributed by atoms with Crippen LogP contribution in [0, 0.1) is 0 Å². The zero-order valence-electron chi connectivity index (χ0n) is 16.0. The largest absolute Gasteiger partial charge is 0.461 e. The van der Waals surface area contributed by atoms with Gasteiger partial charge in [-0.15, -0.1) is 10.2 Å². The van der Waals surface area contributed by atoms with E-state index in [4.69, 9.17) is 4.42 Å². The van der Waals surface area contributed by atoms with Crippen molar-refractivity contribution in [2.75, 3.05) is 0 Å². The zero-order valence-corrected chi connectivity index (χ0v) is 16.8. The van der Waals surface area contributed by atoms with Gasteiger partial charge in [0.15, 0.2) is 10.9 Å². The molecule has 0 aliphatic carbocycles. The highest BCUT2D eigenvalue weighted by atomic mass is 32.2. The van der Waals surface area contributed by atoms with Crippen molar-refractivity contribution in [2.24, 2.45) is 0 Å². The smallest absolute Gasteiger partial charge is 0.416 e. The van der Waals surface area contributed by atoms with Crippen LogP contribution in [0.1, 0.15) is 16.7 Å². The molecule has 0 saturated carbocycles. The van der Waals surface area contributed by atoms with E-state index in [0.717, 1.165) is 30.0 Å². The molecule has 0 spiro atoms. The first-order chi connectivity index (χ1) is 15.1. The van der Waals surface area contributed by atoms with Crippen molar-refractivity contribution in [3.63, 3.8) is 0 Å². The third-order valence-corrected chi connectivity index (χ3v) is 5.46. The third-order valence-electron chi connectivity index (χ3n) is 4.49. The number of hydrogen-bond donors (Lipinski definition) is 0. The molecule has 0 N–H and O–H groups in total. The fraction of sp³-hybridized carbons (Fsp3) is 0.143. The van der Waals surface area contributed by atoms with Gasteiger partial charge in [0.05, 0.1) is 23.1 Å². The molecule has 4 nitrogen and oxygen atoms in total. The second-order valence-corrected chi connectivity index (χ2v) is 7.55. The number of hydrogen-bond acceptors (Lipinski definition) is 4.